The maximum Gasteiger partial charge on any atom is 0.328 e. The zero-order valence-corrected chi connectivity index (χ0v) is 12.8. The number of carboxylic acids is 1. The molecule has 0 aromatic heterocycles. The van der Waals surface area contributed by atoms with Crippen molar-refractivity contribution in [3.8, 4) is 0 Å². The fraction of sp³-hybridized carbons (Fsp3) is 0.412. The maximum atomic E-state index is 12.3. The first-order valence-corrected chi connectivity index (χ1v) is 6.98. The molecule has 2 N–H and O–H groups in total. The van der Waals surface area contributed by atoms with Crippen molar-refractivity contribution < 1.29 is 14.7 Å². The van der Waals surface area contributed by atoms with E-state index in [0.29, 0.717) is 0 Å². The molecule has 1 amide bonds. The third-order valence-electron chi connectivity index (χ3n) is 4.88. The Hall–Kier alpha value is -2.10. The Balaban J connectivity index is 2.02. The van der Waals surface area contributed by atoms with Gasteiger partial charge in [-0.3, -0.25) is 4.79 Å². The van der Waals surface area contributed by atoms with Crippen LogP contribution in [-0.4, -0.2) is 17.0 Å². The summed E-state index contributed by atoms with van der Waals surface area (Å²) in [5.41, 5.74) is 1.54. The van der Waals surface area contributed by atoms with Crippen LogP contribution < -0.4 is 5.32 Å². The topological polar surface area (TPSA) is 66.4 Å². The Bertz CT molecular complexity index is 583. The van der Waals surface area contributed by atoms with Crippen LogP contribution in [0.3, 0.4) is 0 Å². The van der Waals surface area contributed by atoms with Crippen LogP contribution in [0.4, 0.5) is 5.69 Å². The van der Waals surface area contributed by atoms with E-state index in [1.807, 2.05) is 0 Å². The van der Waals surface area contributed by atoms with Crippen molar-refractivity contribution in [2.24, 2.45) is 16.7 Å². The predicted octanol–water partition coefficient (Wildman–Crippen LogP) is 3.41. The molecule has 0 bridgehead atoms. The molecule has 4 nitrogen and oxygen atoms in total. The summed E-state index contributed by atoms with van der Waals surface area (Å²) in [6.45, 7) is 8.43. The molecule has 1 aromatic carbocycles. The van der Waals surface area contributed by atoms with Crippen LogP contribution in [-0.2, 0) is 9.59 Å². The first-order valence-electron chi connectivity index (χ1n) is 6.98. The maximum absolute atomic E-state index is 12.3. The molecule has 0 unspecified atom stereocenters. The van der Waals surface area contributed by atoms with Crippen molar-refractivity contribution in [2.75, 3.05) is 5.32 Å². The Morgan fingerprint density at radius 1 is 1.10 bits per heavy atom. The highest BCUT2D eigenvalue weighted by Gasteiger charge is 2.68. The summed E-state index contributed by atoms with van der Waals surface area (Å²) in [7, 11) is 0. The van der Waals surface area contributed by atoms with Gasteiger partial charge >= 0.3 is 5.97 Å². The molecule has 112 valence electrons. The number of anilines is 1. The SMILES string of the molecule is CC1(C)C(C(=O)Nc2ccc(C=CC(=O)O)cc2)C1(C)C. The van der Waals surface area contributed by atoms with Gasteiger partial charge in [0.15, 0.2) is 0 Å². The molecule has 1 aromatic rings. The highest BCUT2D eigenvalue weighted by molar-refractivity contribution is 5.96. The number of carbonyl (C=O) groups is 2. The predicted molar refractivity (Wildman–Crippen MR) is 82.8 cm³/mol. The summed E-state index contributed by atoms with van der Waals surface area (Å²) in [5, 5.41) is 11.5. The molecule has 1 aliphatic rings. The second-order valence-corrected chi connectivity index (χ2v) is 6.66. The number of carboxylic acid groups (broad SMARTS) is 1. The van der Waals surface area contributed by atoms with Gasteiger partial charge in [-0.25, -0.2) is 4.79 Å². The van der Waals surface area contributed by atoms with Crippen molar-refractivity contribution >= 4 is 23.6 Å². The molecule has 1 aliphatic carbocycles. The summed E-state index contributed by atoms with van der Waals surface area (Å²) in [6.07, 6.45) is 2.60. The van der Waals surface area contributed by atoms with Gasteiger partial charge in [-0.05, 0) is 34.6 Å². The molecule has 0 radical (unpaired) electrons. The van der Waals surface area contributed by atoms with Gasteiger partial charge in [-0.15, -0.1) is 0 Å². The lowest BCUT2D eigenvalue weighted by atomic mass is 10.0. The average molecular weight is 287 g/mol. The number of hydrogen-bond acceptors (Lipinski definition) is 2. The van der Waals surface area contributed by atoms with E-state index >= 15 is 0 Å². The van der Waals surface area contributed by atoms with Crippen LogP contribution in [0, 0.1) is 16.7 Å². The fourth-order valence-electron chi connectivity index (χ4n) is 2.91. The zero-order chi connectivity index (χ0) is 15.8. The summed E-state index contributed by atoms with van der Waals surface area (Å²) in [6, 6.07) is 7.11. The van der Waals surface area contributed by atoms with Gasteiger partial charge in [-0.1, -0.05) is 39.8 Å². The molecule has 21 heavy (non-hydrogen) atoms. The van der Waals surface area contributed by atoms with Crippen LogP contribution in [0.1, 0.15) is 33.3 Å². The lowest BCUT2D eigenvalue weighted by Gasteiger charge is -2.06. The second kappa shape index (κ2) is 5.02. The number of amides is 1. The molecule has 1 fully saturated rings. The van der Waals surface area contributed by atoms with Gasteiger partial charge in [-0.2, -0.15) is 0 Å². The number of rotatable bonds is 4. The molecule has 0 aliphatic heterocycles. The standard InChI is InChI=1S/C17H21NO3/c1-16(2)14(17(16,3)4)15(21)18-12-8-5-11(6-9-12)7-10-13(19)20/h5-10,14H,1-4H3,(H,18,21)(H,19,20). The van der Waals surface area contributed by atoms with Crippen molar-refractivity contribution in [1.29, 1.82) is 0 Å². The van der Waals surface area contributed by atoms with E-state index in [0.717, 1.165) is 17.3 Å². The van der Waals surface area contributed by atoms with Crippen LogP contribution in [0.5, 0.6) is 0 Å². The molecular weight excluding hydrogens is 266 g/mol. The molecule has 0 atom stereocenters. The number of hydrogen-bond donors (Lipinski definition) is 2. The Labute approximate surface area is 124 Å². The molecule has 0 saturated heterocycles. The third-order valence-corrected chi connectivity index (χ3v) is 4.88. The minimum Gasteiger partial charge on any atom is -0.478 e. The third kappa shape index (κ3) is 2.84. The first kappa shape index (κ1) is 15.3. The number of carbonyl (C=O) groups excluding carboxylic acids is 1. The van der Waals surface area contributed by atoms with Gasteiger partial charge in [0, 0.05) is 17.7 Å². The van der Waals surface area contributed by atoms with Gasteiger partial charge in [0.25, 0.3) is 0 Å². The Morgan fingerprint density at radius 3 is 2.05 bits per heavy atom. The lowest BCUT2D eigenvalue weighted by molar-refractivity contribution is -0.131. The van der Waals surface area contributed by atoms with Crippen molar-refractivity contribution in [3.63, 3.8) is 0 Å². The highest BCUT2D eigenvalue weighted by Crippen LogP contribution is 2.68. The van der Waals surface area contributed by atoms with E-state index in [-0.39, 0.29) is 22.7 Å². The zero-order valence-electron chi connectivity index (χ0n) is 12.8. The summed E-state index contributed by atoms with van der Waals surface area (Å²) >= 11 is 0. The number of benzene rings is 1. The van der Waals surface area contributed by atoms with Crippen molar-refractivity contribution in [3.05, 3.63) is 35.9 Å². The average Bonchev–Trinajstić information content (AvgIpc) is 2.78. The van der Waals surface area contributed by atoms with E-state index in [9.17, 15) is 9.59 Å². The molecule has 2 rings (SSSR count). The lowest BCUT2D eigenvalue weighted by Crippen LogP contribution is -2.17. The molecule has 4 heteroatoms. The van der Waals surface area contributed by atoms with E-state index in [2.05, 4.69) is 33.0 Å². The number of aliphatic carboxylic acids is 1. The molecule has 0 spiro atoms. The minimum atomic E-state index is -0.981. The van der Waals surface area contributed by atoms with Crippen LogP contribution in [0.15, 0.2) is 30.3 Å². The molecule has 1 saturated carbocycles. The van der Waals surface area contributed by atoms with E-state index in [1.165, 1.54) is 6.08 Å². The van der Waals surface area contributed by atoms with Gasteiger partial charge in [0.05, 0.1) is 0 Å². The van der Waals surface area contributed by atoms with Crippen LogP contribution in [0.2, 0.25) is 0 Å². The van der Waals surface area contributed by atoms with Gasteiger partial charge in [0.2, 0.25) is 5.91 Å². The van der Waals surface area contributed by atoms with Gasteiger partial charge < -0.3 is 10.4 Å². The van der Waals surface area contributed by atoms with Crippen LogP contribution >= 0.6 is 0 Å². The Morgan fingerprint density at radius 2 is 1.62 bits per heavy atom. The monoisotopic (exact) mass is 287 g/mol. The molecule has 0 heterocycles. The Kier molecular flexibility index (Phi) is 3.66. The minimum absolute atomic E-state index is 0.0107. The highest BCUT2D eigenvalue weighted by atomic mass is 16.4. The largest absolute Gasteiger partial charge is 0.478 e. The summed E-state index contributed by atoms with van der Waals surface area (Å²) in [5.74, 6) is -0.930. The molecular formula is C17H21NO3. The smallest absolute Gasteiger partial charge is 0.328 e. The van der Waals surface area contributed by atoms with Crippen LogP contribution in [0.25, 0.3) is 6.08 Å². The van der Waals surface area contributed by atoms with E-state index in [4.69, 9.17) is 5.11 Å². The fourth-order valence-corrected chi connectivity index (χ4v) is 2.91. The normalized spacial score (nSPS) is 19.4. The van der Waals surface area contributed by atoms with E-state index < -0.39 is 5.97 Å². The quantitative estimate of drug-likeness (QED) is 0.834. The van der Waals surface area contributed by atoms with E-state index in [1.54, 1.807) is 24.3 Å². The summed E-state index contributed by atoms with van der Waals surface area (Å²) < 4.78 is 0. The first-order chi connectivity index (χ1) is 9.66. The number of nitrogens with one attached hydrogen (secondary N) is 1. The summed E-state index contributed by atoms with van der Waals surface area (Å²) in [4.78, 5) is 22.7. The second-order valence-electron chi connectivity index (χ2n) is 6.66. The van der Waals surface area contributed by atoms with Crippen molar-refractivity contribution in [1.82, 2.24) is 0 Å². The van der Waals surface area contributed by atoms with Gasteiger partial charge in [0.1, 0.15) is 0 Å². The van der Waals surface area contributed by atoms with Crippen molar-refractivity contribution in [2.45, 2.75) is 27.7 Å².